The Bertz CT molecular complexity index is 506. The van der Waals surface area contributed by atoms with E-state index in [1.807, 2.05) is 12.1 Å². The summed E-state index contributed by atoms with van der Waals surface area (Å²) in [6.07, 6.45) is 6.37. The molecule has 1 aromatic rings. The molecule has 3 N–H and O–H groups in total. The van der Waals surface area contributed by atoms with E-state index in [0.29, 0.717) is 12.3 Å². The van der Waals surface area contributed by atoms with Gasteiger partial charge in [0.25, 0.3) is 0 Å². The van der Waals surface area contributed by atoms with Gasteiger partial charge >= 0.3 is 0 Å². The van der Waals surface area contributed by atoms with Gasteiger partial charge < -0.3 is 16.0 Å². The van der Waals surface area contributed by atoms with Crippen molar-refractivity contribution in [3.05, 3.63) is 24.3 Å². The van der Waals surface area contributed by atoms with E-state index in [-0.39, 0.29) is 36.8 Å². The molecule has 3 rings (SSSR count). The van der Waals surface area contributed by atoms with Crippen molar-refractivity contribution in [3.8, 4) is 0 Å². The van der Waals surface area contributed by atoms with Crippen LogP contribution in [0.1, 0.15) is 38.5 Å². The van der Waals surface area contributed by atoms with Crippen LogP contribution in [0.15, 0.2) is 24.3 Å². The molecule has 0 spiro atoms. The summed E-state index contributed by atoms with van der Waals surface area (Å²) in [5, 5.41) is 3.03. The Balaban J connectivity index is 0.00000132. The van der Waals surface area contributed by atoms with Crippen LogP contribution < -0.4 is 16.0 Å². The minimum atomic E-state index is 0. The highest BCUT2D eigenvalue weighted by molar-refractivity contribution is 5.91. The second kappa shape index (κ2) is 9.36. The molecule has 0 aromatic heterocycles. The molecule has 2 fully saturated rings. The molecule has 1 saturated carbocycles. The number of nitrogens with one attached hydrogen (secondary N) is 1. The Morgan fingerprint density at radius 3 is 2.57 bits per heavy atom. The van der Waals surface area contributed by atoms with Crippen LogP contribution in [0.2, 0.25) is 0 Å². The molecule has 1 saturated heterocycles. The minimum absolute atomic E-state index is 0. The molecule has 1 aromatic carbocycles. The maximum atomic E-state index is 12.2. The number of nitrogens with two attached hydrogens (primary N) is 1. The van der Waals surface area contributed by atoms with E-state index in [1.54, 1.807) is 0 Å². The molecule has 0 unspecified atom stereocenters. The number of amides is 1. The Morgan fingerprint density at radius 2 is 1.91 bits per heavy atom. The van der Waals surface area contributed by atoms with Crippen molar-refractivity contribution in [2.75, 3.05) is 23.3 Å². The zero-order chi connectivity index (χ0) is 14.7. The fourth-order valence-electron chi connectivity index (χ4n) is 3.52. The summed E-state index contributed by atoms with van der Waals surface area (Å²) in [4.78, 5) is 14.5. The summed E-state index contributed by atoms with van der Waals surface area (Å²) >= 11 is 0. The lowest BCUT2D eigenvalue weighted by Gasteiger charge is -2.19. The monoisotopic (exact) mass is 359 g/mol. The molecule has 1 heterocycles. The average Bonchev–Trinajstić information content (AvgIpc) is 3.12. The molecule has 2 atom stereocenters. The van der Waals surface area contributed by atoms with Crippen LogP contribution in [0.4, 0.5) is 11.4 Å². The highest BCUT2D eigenvalue weighted by Crippen LogP contribution is 2.28. The van der Waals surface area contributed by atoms with Gasteiger partial charge in [-0.15, -0.1) is 24.8 Å². The summed E-state index contributed by atoms with van der Waals surface area (Å²) in [5.41, 5.74) is 8.15. The van der Waals surface area contributed by atoms with E-state index in [1.165, 1.54) is 18.5 Å². The third-order valence-electron chi connectivity index (χ3n) is 4.77. The van der Waals surface area contributed by atoms with Gasteiger partial charge in [-0.1, -0.05) is 12.5 Å². The van der Waals surface area contributed by atoms with E-state index in [2.05, 4.69) is 22.3 Å². The van der Waals surface area contributed by atoms with E-state index in [0.717, 1.165) is 38.0 Å². The van der Waals surface area contributed by atoms with Crippen LogP contribution in [0.25, 0.3) is 0 Å². The first-order valence-corrected chi connectivity index (χ1v) is 8.13. The predicted octanol–water partition coefficient (Wildman–Crippen LogP) is 3.59. The number of carbonyl (C=O) groups excluding carboxylic acids is 1. The predicted molar refractivity (Wildman–Crippen MR) is 101 cm³/mol. The first-order valence-electron chi connectivity index (χ1n) is 8.13. The molecule has 130 valence electrons. The average molecular weight is 360 g/mol. The third-order valence-corrected chi connectivity index (χ3v) is 4.77. The Hall–Kier alpha value is -0.970. The quantitative estimate of drug-likeness (QED) is 0.863. The van der Waals surface area contributed by atoms with Crippen LogP contribution >= 0.6 is 24.8 Å². The molecule has 0 bridgehead atoms. The second-order valence-corrected chi connectivity index (χ2v) is 6.35. The molecular formula is C17H27Cl2N3O. The van der Waals surface area contributed by atoms with Gasteiger partial charge in [-0.25, -0.2) is 0 Å². The highest BCUT2D eigenvalue weighted by Gasteiger charge is 2.26. The molecular weight excluding hydrogens is 333 g/mol. The van der Waals surface area contributed by atoms with Crippen molar-refractivity contribution in [2.24, 2.45) is 11.7 Å². The zero-order valence-corrected chi connectivity index (χ0v) is 15.0. The first kappa shape index (κ1) is 20.1. The van der Waals surface area contributed by atoms with E-state index < -0.39 is 0 Å². The molecule has 0 radical (unpaired) electrons. The van der Waals surface area contributed by atoms with E-state index in [4.69, 9.17) is 5.73 Å². The second-order valence-electron chi connectivity index (χ2n) is 6.35. The van der Waals surface area contributed by atoms with Crippen molar-refractivity contribution in [1.82, 2.24) is 0 Å². The van der Waals surface area contributed by atoms with Crippen LogP contribution in [-0.4, -0.2) is 25.0 Å². The number of carbonyl (C=O) groups is 1. The SMILES string of the molecule is Cl.Cl.N[C@@H]1CCC[C@H]1CC(=O)Nc1cccc(N2CCCC2)c1. The fourth-order valence-corrected chi connectivity index (χ4v) is 3.52. The summed E-state index contributed by atoms with van der Waals surface area (Å²) in [6.45, 7) is 2.24. The van der Waals surface area contributed by atoms with Crippen molar-refractivity contribution >= 4 is 42.1 Å². The van der Waals surface area contributed by atoms with Crippen molar-refractivity contribution < 1.29 is 4.79 Å². The molecule has 6 heteroatoms. The van der Waals surface area contributed by atoms with E-state index >= 15 is 0 Å². The zero-order valence-electron chi connectivity index (χ0n) is 13.4. The number of halogens is 2. The fraction of sp³-hybridized carbons (Fsp3) is 0.588. The minimum Gasteiger partial charge on any atom is -0.371 e. The van der Waals surface area contributed by atoms with Crippen molar-refractivity contribution in [2.45, 2.75) is 44.6 Å². The number of hydrogen-bond donors (Lipinski definition) is 2. The van der Waals surface area contributed by atoms with Crippen molar-refractivity contribution in [3.63, 3.8) is 0 Å². The maximum Gasteiger partial charge on any atom is 0.224 e. The van der Waals surface area contributed by atoms with Gasteiger partial charge in [-0.2, -0.15) is 0 Å². The van der Waals surface area contributed by atoms with Gasteiger partial charge in [0.1, 0.15) is 0 Å². The van der Waals surface area contributed by atoms with Crippen LogP contribution in [-0.2, 0) is 4.79 Å². The van der Waals surface area contributed by atoms with E-state index in [9.17, 15) is 4.79 Å². The van der Waals surface area contributed by atoms with Crippen LogP contribution in [0, 0.1) is 5.92 Å². The van der Waals surface area contributed by atoms with Gasteiger partial charge in [0, 0.05) is 36.9 Å². The van der Waals surface area contributed by atoms with Gasteiger partial charge in [0.2, 0.25) is 5.91 Å². The third kappa shape index (κ3) is 5.27. The molecule has 1 aliphatic heterocycles. The number of hydrogen-bond acceptors (Lipinski definition) is 3. The normalized spacial score (nSPS) is 23.1. The smallest absolute Gasteiger partial charge is 0.224 e. The standard InChI is InChI=1S/C17H25N3O.2ClH/c18-16-8-3-5-13(16)11-17(21)19-14-6-4-7-15(12-14)20-9-1-2-10-20;;/h4,6-7,12-13,16H,1-3,5,8-11,18H2,(H,19,21);2*1H/t13-,16+;;/m0../s1. The Kier molecular flexibility index (Phi) is 8.17. The lowest BCUT2D eigenvalue weighted by atomic mass is 10.00. The van der Waals surface area contributed by atoms with Gasteiger partial charge in [0.05, 0.1) is 0 Å². The number of nitrogens with zero attached hydrogens (tertiary/aromatic N) is 1. The largest absolute Gasteiger partial charge is 0.371 e. The Morgan fingerprint density at radius 1 is 1.17 bits per heavy atom. The highest BCUT2D eigenvalue weighted by atomic mass is 35.5. The van der Waals surface area contributed by atoms with Crippen molar-refractivity contribution in [1.29, 1.82) is 0 Å². The number of anilines is 2. The molecule has 2 aliphatic rings. The first-order chi connectivity index (χ1) is 10.2. The van der Waals surface area contributed by atoms with Gasteiger partial charge in [-0.3, -0.25) is 4.79 Å². The molecule has 23 heavy (non-hydrogen) atoms. The molecule has 1 amide bonds. The summed E-state index contributed by atoms with van der Waals surface area (Å²) < 4.78 is 0. The summed E-state index contributed by atoms with van der Waals surface area (Å²) in [6, 6.07) is 8.38. The lowest BCUT2D eigenvalue weighted by Crippen LogP contribution is -2.28. The lowest BCUT2D eigenvalue weighted by molar-refractivity contribution is -0.117. The summed E-state index contributed by atoms with van der Waals surface area (Å²) in [5.74, 6) is 0.447. The summed E-state index contributed by atoms with van der Waals surface area (Å²) in [7, 11) is 0. The topological polar surface area (TPSA) is 58.4 Å². The number of benzene rings is 1. The van der Waals surface area contributed by atoms with Crippen LogP contribution in [0.5, 0.6) is 0 Å². The maximum absolute atomic E-state index is 12.2. The number of rotatable bonds is 4. The van der Waals surface area contributed by atoms with Crippen LogP contribution in [0.3, 0.4) is 0 Å². The molecule has 1 aliphatic carbocycles. The van der Waals surface area contributed by atoms with Gasteiger partial charge in [-0.05, 0) is 49.8 Å². The van der Waals surface area contributed by atoms with Gasteiger partial charge in [0.15, 0.2) is 0 Å². The molecule has 4 nitrogen and oxygen atoms in total. The Labute approximate surface area is 151 Å².